The Labute approximate surface area is 99.1 Å². The molecule has 0 amide bonds. The first-order chi connectivity index (χ1) is 7.26. The van der Waals surface area contributed by atoms with Gasteiger partial charge in [0.1, 0.15) is 5.60 Å². The number of carbonyl (C=O) groups excluding carboxylic acids is 1. The molecule has 2 nitrogen and oxygen atoms in total. The summed E-state index contributed by atoms with van der Waals surface area (Å²) in [7, 11) is 0. The Morgan fingerprint density at radius 3 is 2.44 bits per heavy atom. The minimum atomic E-state index is -0.326. The van der Waals surface area contributed by atoms with Gasteiger partial charge in [0.25, 0.3) is 0 Å². The van der Waals surface area contributed by atoms with E-state index in [1.54, 1.807) is 6.92 Å². The molecule has 92 valence electrons. The SMILES string of the molecule is C=C(C)C(=O)OC1(C)CC(C)CC(C)C1C. The van der Waals surface area contributed by atoms with Crippen LogP contribution in [0.1, 0.15) is 47.5 Å². The van der Waals surface area contributed by atoms with Gasteiger partial charge in [0, 0.05) is 5.57 Å². The average molecular weight is 224 g/mol. The molecule has 0 heterocycles. The second-order valence-electron chi connectivity index (χ2n) is 5.79. The highest BCUT2D eigenvalue weighted by Crippen LogP contribution is 2.42. The Bertz CT molecular complexity index is 295. The van der Waals surface area contributed by atoms with Crippen molar-refractivity contribution in [3.05, 3.63) is 12.2 Å². The van der Waals surface area contributed by atoms with Gasteiger partial charge < -0.3 is 4.74 Å². The lowest BCUT2D eigenvalue weighted by atomic mass is 9.67. The molecule has 0 aliphatic heterocycles. The van der Waals surface area contributed by atoms with E-state index in [1.807, 2.05) is 0 Å². The highest BCUT2D eigenvalue weighted by atomic mass is 16.6. The van der Waals surface area contributed by atoms with E-state index in [1.165, 1.54) is 6.42 Å². The van der Waals surface area contributed by atoms with Crippen molar-refractivity contribution in [3.8, 4) is 0 Å². The van der Waals surface area contributed by atoms with E-state index in [-0.39, 0.29) is 11.6 Å². The largest absolute Gasteiger partial charge is 0.456 e. The third-order valence-electron chi connectivity index (χ3n) is 4.02. The highest BCUT2D eigenvalue weighted by Gasteiger charge is 2.43. The van der Waals surface area contributed by atoms with Crippen molar-refractivity contribution >= 4 is 5.97 Å². The van der Waals surface area contributed by atoms with E-state index in [0.29, 0.717) is 23.3 Å². The Hall–Kier alpha value is -0.790. The van der Waals surface area contributed by atoms with Crippen molar-refractivity contribution in [2.45, 2.75) is 53.1 Å². The lowest BCUT2D eigenvalue weighted by Gasteiger charge is -2.45. The summed E-state index contributed by atoms with van der Waals surface area (Å²) < 4.78 is 5.65. The normalized spacial score (nSPS) is 39.2. The minimum absolute atomic E-state index is 0.254. The van der Waals surface area contributed by atoms with Crippen LogP contribution in [-0.2, 0) is 9.53 Å². The number of carbonyl (C=O) groups is 1. The monoisotopic (exact) mass is 224 g/mol. The van der Waals surface area contributed by atoms with Crippen molar-refractivity contribution in [1.82, 2.24) is 0 Å². The quantitative estimate of drug-likeness (QED) is 0.529. The Morgan fingerprint density at radius 1 is 1.38 bits per heavy atom. The molecule has 16 heavy (non-hydrogen) atoms. The van der Waals surface area contributed by atoms with E-state index in [9.17, 15) is 4.79 Å². The molecule has 1 fully saturated rings. The van der Waals surface area contributed by atoms with Crippen LogP contribution in [0.2, 0.25) is 0 Å². The van der Waals surface area contributed by atoms with E-state index < -0.39 is 0 Å². The van der Waals surface area contributed by atoms with Crippen molar-refractivity contribution in [1.29, 1.82) is 0 Å². The molecule has 4 atom stereocenters. The molecule has 1 saturated carbocycles. The van der Waals surface area contributed by atoms with Gasteiger partial charge in [-0.2, -0.15) is 0 Å². The second kappa shape index (κ2) is 4.60. The Balaban J connectivity index is 2.80. The van der Waals surface area contributed by atoms with Crippen LogP contribution in [0.3, 0.4) is 0 Å². The van der Waals surface area contributed by atoms with Crippen LogP contribution in [0, 0.1) is 17.8 Å². The van der Waals surface area contributed by atoms with Gasteiger partial charge in [0.05, 0.1) is 0 Å². The molecule has 4 unspecified atom stereocenters. The maximum Gasteiger partial charge on any atom is 0.333 e. The zero-order valence-corrected chi connectivity index (χ0v) is 11.2. The first-order valence-corrected chi connectivity index (χ1v) is 6.15. The van der Waals surface area contributed by atoms with E-state index in [0.717, 1.165) is 6.42 Å². The molecule has 0 aromatic heterocycles. The van der Waals surface area contributed by atoms with E-state index in [4.69, 9.17) is 4.74 Å². The molecule has 1 aliphatic rings. The maximum absolute atomic E-state index is 11.7. The Kier molecular flexibility index (Phi) is 3.82. The summed E-state index contributed by atoms with van der Waals surface area (Å²) in [6, 6.07) is 0. The summed E-state index contributed by atoms with van der Waals surface area (Å²) in [5, 5.41) is 0. The van der Waals surface area contributed by atoms with Gasteiger partial charge in [-0.1, -0.05) is 27.4 Å². The molecule has 0 N–H and O–H groups in total. The zero-order valence-electron chi connectivity index (χ0n) is 11.2. The fourth-order valence-corrected chi connectivity index (χ4v) is 2.84. The van der Waals surface area contributed by atoms with Gasteiger partial charge in [-0.15, -0.1) is 0 Å². The number of esters is 1. The van der Waals surface area contributed by atoms with Crippen molar-refractivity contribution in [2.75, 3.05) is 0 Å². The molecular weight excluding hydrogens is 200 g/mol. The Morgan fingerprint density at radius 2 is 1.94 bits per heavy atom. The van der Waals surface area contributed by atoms with Gasteiger partial charge >= 0.3 is 5.97 Å². The predicted molar refractivity (Wildman–Crippen MR) is 66.0 cm³/mol. The van der Waals surface area contributed by atoms with Crippen LogP contribution in [0.5, 0.6) is 0 Å². The minimum Gasteiger partial charge on any atom is -0.456 e. The summed E-state index contributed by atoms with van der Waals surface area (Å²) in [5.41, 5.74) is 0.159. The molecule has 1 aliphatic carbocycles. The summed E-state index contributed by atoms with van der Waals surface area (Å²) in [5.74, 6) is 1.38. The van der Waals surface area contributed by atoms with Crippen LogP contribution in [0.15, 0.2) is 12.2 Å². The van der Waals surface area contributed by atoms with Gasteiger partial charge in [-0.05, 0) is 44.4 Å². The molecule has 0 radical (unpaired) electrons. The first-order valence-electron chi connectivity index (χ1n) is 6.15. The lowest BCUT2D eigenvalue weighted by Crippen LogP contribution is -2.46. The van der Waals surface area contributed by atoms with Gasteiger partial charge in [0.2, 0.25) is 0 Å². The third kappa shape index (κ3) is 2.66. The summed E-state index contributed by atoms with van der Waals surface area (Å²) in [4.78, 5) is 11.7. The zero-order chi connectivity index (χ0) is 12.5. The van der Waals surface area contributed by atoms with Crippen LogP contribution in [-0.4, -0.2) is 11.6 Å². The van der Waals surface area contributed by atoms with E-state index >= 15 is 0 Å². The molecule has 2 heteroatoms. The molecule has 0 spiro atoms. The summed E-state index contributed by atoms with van der Waals surface area (Å²) in [6.45, 7) is 14.1. The van der Waals surface area contributed by atoms with Crippen LogP contribution in [0.4, 0.5) is 0 Å². The first kappa shape index (κ1) is 13.3. The second-order valence-corrected chi connectivity index (χ2v) is 5.79. The topological polar surface area (TPSA) is 26.3 Å². The number of ether oxygens (including phenoxy) is 1. The molecule has 0 bridgehead atoms. The predicted octanol–water partition coefficient (Wildman–Crippen LogP) is 3.57. The third-order valence-corrected chi connectivity index (χ3v) is 4.02. The maximum atomic E-state index is 11.7. The van der Waals surface area contributed by atoms with Crippen LogP contribution >= 0.6 is 0 Å². The molecule has 1 rings (SSSR count). The van der Waals surface area contributed by atoms with E-state index in [2.05, 4.69) is 34.3 Å². The standard InChI is InChI=1S/C14H24O2/c1-9(2)13(15)16-14(6)8-10(3)7-11(4)12(14)5/h10-12H,1,7-8H2,2-6H3. The fourth-order valence-electron chi connectivity index (χ4n) is 2.84. The van der Waals surface area contributed by atoms with Gasteiger partial charge in [-0.25, -0.2) is 4.79 Å². The van der Waals surface area contributed by atoms with Crippen molar-refractivity contribution in [2.24, 2.45) is 17.8 Å². The van der Waals surface area contributed by atoms with Crippen LogP contribution < -0.4 is 0 Å². The number of hydrogen-bond donors (Lipinski definition) is 0. The van der Waals surface area contributed by atoms with Crippen LogP contribution in [0.25, 0.3) is 0 Å². The molecule has 0 aromatic carbocycles. The lowest BCUT2D eigenvalue weighted by molar-refractivity contribution is -0.167. The van der Waals surface area contributed by atoms with Gasteiger partial charge in [-0.3, -0.25) is 0 Å². The van der Waals surface area contributed by atoms with Gasteiger partial charge in [0.15, 0.2) is 0 Å². The fraction of sp³-hybridized carbons (Fsp3) is 0.786. The smallest absolute Gasteiger partial charge is 0.333 e. The average Bonchev–Trinajstić information content (AvgIpc) is 2.13. The highest BCUT2D eigenvalue weighted by molar-refractivity contribution is 5.87. The molecular formula is C14H24O2. The molecule has 0 aromatic rings. The molecule has 0 saturated heterocycles. The summed E-state index contributed by atoms with van der Waals surface area (Å²) in [6.07, 6.45) is 2.18. The van der Waals surface area contributed by atoms with Crippen molar-refractivity contribution in [3.63, 3.8) is 0 Å². The number of rotatable bonds is 2. The summed E-state index contributed by atoms with van der Waals surface area (Å²) >= 11 is 0. The number of hydrogen-bond acceptors (Lipinski definition) is 2. The van der Waals surface area contributed by atoms with Crippen molar-refractivity contribution < 1.29 is 9.53 Å².